The maximum atomic E-state index is 6.21. The van der Waals surface area contributed by atoms with Gasteiger partial charge in [-0.2, -0.15) is 4.98 Å². The largest absolute Gasteiger partial charge is 0.495 e. The van der Waals surface area contributed by atoms with Gasteiger partial charge in [0.1, 0.15) is 29.7 Å². The highest BCUT2D eigenvalue weighted by molar-refractivity contribution is 5.91. The van der Waals surface area contributed by atoms with Crippen molar-refractivity contribution >= 4 is 17.5 Å². The number of para-hydroxylation sites is 2. The van der Waals surface area contributed by atoms with Gasteiger partial charge in [0.05, 0.1) is 37.4 Å². The maximum absolute atomic E-state index is 6.21. The first-order valence-corrected chi connectivity index (χ1v) is 12.6. The van der Waals surface area contributed by atoms with Gasteiger partial charge < -0.3 is 30.2 Å². The molecule has 0 aliphatic heterocycles. The Hall–Kier alpha value is -4.37. The van der Waals surface area contributed by atoms with Crippen LogP contribution in [0.2, 0.25) is 0 Å². The van der Waals surface area contributed by atoms with E-state index in [1.807, 2.05) is 54.6 Å². The molecule has 4 rings (SSSR count). The molecule has 3 N–H and O–H groups in total. The minimum atomic E-state index is 0.136. The molecule has 0 fully saturated rings. The minimum Gasteiger partial charge on any atom is -0.495 e. The summed E-state index contributed by atoms with van der Waals surface area (Å²) in [7, 11) is 3.23. The van der Waals surface area contributed by atoms with Crippen LogP contribution in [0.3, 0.4) is 0 Å². The normalized spacial score (nSPS) is 10.9. The summed E-state index contributed by atoms with van der Waals surface area (Å²) in [6, 6.07) is 17.3. The summed E-state index contributed by atoms with van der Waals surface area (Å²) in [6.07, 6.45) is 3.40. The Morgan fingerprint density at radius 2 is 1.63 bits per heavy atom. The number of aromatic nitrogens is 3. The molecule has 0 bridgehead atoms. The molecule has 0 unspecified atom stereocenters. The van der Waals surface area contributed by atoms with Crippen molar-refractivity contribution in [3.05, 3.63) is 67.0 Å². The van der Waals surface area contributed by atoms with Crippen molar-refractivity contribution in [2.24, 2.45) is 0 Å². The number of nitrogen functional groups attached to an aromatic ring is 1. The van der Waals surface area contributed by atoms with Crippen molar-refractivity contribution in [1.82, 2.24) is 19.9 Å². The lowest BCUT2D eigenvalue weighted by Gasteiger charge is -2.19. The van der Waals surface area contributed by atoms with Crippen LogP contribution in [-0.4, -0.2) is 60.3 Å². The number of hydrogen-bond donors (Lipinski definition) is 2. The average molecular weight is 515 g/mol. The van der Waals surface area contributed by atoms with Gasteiger partial charge in [-0.25, -0.2) is 4.98 Å². The summed E-state index contributed by atoms with van der Waals surface area (Å²) in [5, 5.41) is 3.39. The van der Waals surface area contributed by atoms with E-state index in [2.05, 4.69) is 39.0 Å². The van der Waals surface area contributed by atoms with Crippen LogP contribution in [0.15, 0.2) is 67.0 Å². The molecule has 9 nitrogen and oxygen atoms in total. The first-order chi connectivity index (χ1) is 18.6. The molecule has 4 aromatic rings. The Balaban J connectivity index is 1.74. The van der Waals surface area contributed by atoms with Crippen molar-refractivity contribution in [3.8, 4) is 39.6 Å². The summed E-state index contributed by atoms with van der Waals surface area (Å²) in [5.41, 5.74) is 9.97. The lowest BCUT2D eigenvalue weighted by molar-refractivity contribution is 0.223. The zero-order valence-corrected chi connectivity index (χ0v) is 22.3. The number of nitrogens with two attached hydrogens (primary N) is 1. The fraction of sp³-hybridized carbons (Fsp3) is 0.276. The van der Waals surface area contributed by atoms with Crippen LogP contribution >= 0.6 is 0 Å². The first-order valence-electron chi connectivity index (χ1n) is 12.6. The number of nitrogens with zero attached hydrogens (tertiary/aromatic N) is 4. The second-order valence-electron chi connectivity index (χ2n) is 8.49. The van der Waals surface area contributed by atoms with Crippen molar-refractivity contribution in [3.63, 3.8) is 0 Å². The number of hydrogen-bond acceptors (Lipinski definition) is 9. The van der Waals surface area contributed by atoms with Crippen molar-refractivity contribution in [2.75, 3.05) is 51.5 Å². The van der Waals surface area contributed by atoms with E-state index in [-0.39, 0.29) is 5.95 Å². The van der Waals surface area contributed by atoms with Gasteiger partial charge >= 0.3 is 0 Å². The lowest BCUT2D eigenvalue weighted by atomic mass is 10.0. The van der Waals surface area contributed by atoms with Gasteiger partial charge in [-0.05, 0) is 55.6 Å². The second-order valence-corrected chi connectivity index (χ2v) is 8.49. The fourth-order valence-electron chi connectivity index (χ4n) is 4.13. The SMILES string of the molecule is CCN(CC)CCOc1ccc(-c2nc(N)nc(Nc3ccccc3OC)c2-c2cncc(OC)c2)cc1. The van der Waals surface area contributed by atoms with Crippen molar-refractivity contribution in [2.45, 2.75) is 13.8 Å². The van der Waals surface area contributed by atoms with Gasteiger partial charge in [-0.1, -0.05) is 26.0 Å². The third-order valence-corrected chi connectivity index (χ3v) is 6.22. The monoisotopic (exact) mass is 514 g/mol. The highest BCUT2D eigenvalue weighted by Crippen LogP contribution is 2.39. The van der Waals surface area contributed by atoms with Crippen LogP contribution in [-0.2, 0) is 0 Å². The number of rotatable bonds is 12. The summed E-state index contributed by atoms with van der Waals surface area (Å²) in [4.78, 5) is 15.9. The predicted molar refractivity (Wildman–Crippen MR) is 151 cm³/mol. The number of anilines is 3. The minimum absolute atomic E-state index is 0.136. The second kappa shape index (κ2) is 12.7. The number of ether oxygens (including phenoxy) is 3. The summed E-state index contributed by atoms with van der Waals surface area (Å²) >= 11 is 0. The molecule has 0 atom stereocenters. The van der Waals surface area contributed by atoms with E-state index in [4.69, 9.17) is 19.9 Å². The summed E-state index contributed by atoms with van der Waals surface area (Å²) in [5.74, 6) is 2.74. The van der Waals surface area contributed by atoms with E-state index in [0.29, 0.717) is 29.6 Å². The highest BCUT2D eigenvalue weighted by Gasteiger charge is 2.19. The zero-order valence-electron chi connectivity index (χ0n) is 22.3. The van der Waals surface area contributed by atoms with Crippen LogP contribution in [0, 0.1) is 0 Å². The van der Waals surface area contributed by atoms with Crippen molar-refractivity contribution in [1.29, 1.82) is 0 Å². The van der Waals surface area contributed by atoms with Gasteiger partial charge in [0.2, 0.25) is 5.95 Å². The standard InChI is InChI=1S/C29H34N6O3/c1-5-35(6-2)15-16-38-22-13-11-20(12-14-22)27-26(21-17-23(36-3)19-31-18-21)28(34-29(30)33-27)32-24-9-7-8-10-25(24)37-4/h7-14,17-19H,5-6,15-16H2,1-4H3,(H3,30,32,33,34). The van der Waals surface area contributed by atoms with E-state index < -0.39 is 0 Å². The van der Waals surface area contributed by atoms with E-state index >= 15 is 0 Å². The Labute approximate surface area is 223 Å². The quantitative estimate of drug-likeness (QED) is 0.261. The van der Waals surface area contributed by atoms with Gasteiger partial charge in [-0.15, -0.1) is 0 Å². The van der Waals surface area contributed by atoms with Crippen LogP contribution < -0.4 is 25.3 Å². The van der Waals surface area contributed by atoms with Gasteiger partial charge in [-0.3, -0.25) is 4.98 Å². The number of benzene rings is 2. The average Bonchev–Trinajstić information content (AvgIpc) is 2.95. The van der Waals surface area contributed by atoms with Crippen LogP contribution in [0.5, 0.6) is 17.2 Å². The molecule has 0 aliphatic rings. The van der Waals surface area contributed by atoms with Crippen molar-refractivity contribution < 1.29 is 14.2 Å². The molecule has 2 heterocycles. The molecule has 2 aromatic heterocycles. The van der Waals surface area contributed by atoms with Crippen LogP contribution in [0.1, 0.15) is 13.8 Å². The lowest BCUT2D eigenvalue weighted by Crippen LogP contribution is -2.27. The number of likely N-dealkylation sites (N-methyl/N-ethyl adjacent to an activating group) is 1. The number of nitrogens with one attached hydrogen (secondary N) is 1. The summed E-state index contributed by atoms with van der Waals surface area (Å²) < 4.78 is 16.9. The molecule has 0 radical (unpaired) electrons. The van der Waals surface area contributed by atoms with E-state index in [0.717, 1.165) is 47.8 Å². The molecule has 38 heavy (non-hydrogen) atoms. The van der Waals surface area contributed by atoms with E-state index in [1.165, 1.54) is 0 Å². The summed E-state index contributed by atoms with van der Waals surface area (Å²) in [6.45, 7) is 7.80. The smallest absolute Gasteiger partial charge is 0.222 e. The van der Waals surface area contributed by atoms with Crippen LogP contribution in [0.25, 0.3) is 22.4 Å². The molecule has 0 spiro atoms. The number of methoxy groups -OCH3 is 2. The molecule has 9 heteroatoms. The Morgan fingerprint density at radius 3 is 2.34 bits per heavy atom. The number of pyridine rings is 1. The van der Waals surface area contributed by atoms with Gasteiger partial charge in [0.25, 0.3) is 0 Å². The third-order valence-electron chi connectivity index (χ3n) is 6.22. The highest BCUT2D eigenvalue weighted by atomic mass is 16.5. The molecule has 0 saturated carbocycles. The fourth-order valence-corrected chi connectivity index (χ4v) is 4.13. The molecule has 0 amide bonds. The molecular weight excluding hydrogens is 480 g/mol. The molecule has 0 aliphatic carbocycles. The Bertz CT molecular complexity index is 1340. The molecular formula is C29H34N6O3. The van der Waals surface area contributed by atoms with Gasteiger partial charge in [0.15, 0.2) is 0 Å². The van der Waals surface area contributed by atoms with E-state index in [9.17, 15) is 0 Å². The van der Waals surface area contributed by atoms with Crippen LogP contribution in [0.4, 0.5) is 17.5 Å². The van der Waals surface area contributed by atoms with Gasteiger partial charge in [0, 0.05) is 23.9 Å². The third kappa shape index (κ3) is 6.30. The van der Waals surface area contributed by atoms with E-state index in [1.54, 1.807) is 26.6 Å². The Kier molecular flexibility index (Phi) is 8.94. The predicted octanol–water partition coefficient (Wildman–Crippen LogP) is 5.27. The topological polar surface area (TPSA) is 108 Å². The molecule has 2 aromatic carbocycles. The molecule has 198 valence electrons. The zero-order chi connectivity index (χ0) is 26.9. The maximum Gasteiger partial charge on any atom is 0.222 e. The molecule has 0 saturated heterocycles. The first kappa shape index (κ1) is 26.7. The Morgan fingerprint density at radius 1 is 0.868 bits per heavy atom.